The Labute approximate surface area is 147 Å². The highest BCUT2D eigenvalue weighted by molar-refractivity contribution is 6.31. The van der Waals surface area contributed by atoms with Crippen molar-refractivity contribution in [3.05, 3.63) is 94.5 Å². The number of hydrogen-bond acceptors (Lipinski definition) is 1. The number of halogens is 1. The molecule has 0 N–H and O–H groups in total. The van der Waals surface area contributed by atoms with Gasteiger partial charge in [-0.15, -0.1) is 0 Å². The SMILES string of the molecule is CC1=Cc2ccccc2N(Cc2ccccc2)c2cc(Cl)ccc21. The lowest BCUT2D eigenvalue weighted by atomic mass is 10.0. The minimum Gasteiger partial charge on any atom is -0.336 e. The molecule has 2 heteroatoms. The number of allylic oxidation sites excluding steroid dienone is 1. The fourth-order valence-corrected chi connectivity index (χ4v) is 3.46. The van der Waals surface area contributed by atoms with Crippen molar-refractivity contribution in [2.24, 2.45) is 0 Å². The van der Waals surface area contributed by atoms with Crippen LogP contribution in [0.1, 0.15) is 23.6 Å². The second-order valence-corrected chi connectivity index (χ2v) is 6.56. The lowest BCUT2D eigenvalue weighted by molar-refractivity contribution is 0.973. The summed E-state index contributed by atoms with van der Waals surface area (Å²) in [5.41, 5.74) is 7.36. The summed E-state index contributed by atoms with van der Waals surface area (Å²) in [4.78, 5) is 2.36. The smallest absolute Gasteiger partial charge is 0.0505 e. The predicted octanol–water partition coefficient (Wildman–Crippen LogP) is 6.55. The summed E-state index contributed by atoms with van der Waals surface area (Å²) in [6.45, 7) is 2.97. The van der Waals surface area contributed by atoms with Crippen LogP contribution in [-0.4, -0.2) is 0 Å². The van der Waals surface area contributed by atoms with Gasteiger partial charge >= 0.3 is 0 Å². The van der Waals surface area contributed by atoms with Crippen LogP contribution in [0.3, 0.4) is 0 Å². The van der Waals surface area contributed by atoms with E-state index in [-0.39, 0.29) is 0 Å². The van der Waals surface area contributed by atoms with Crippen molar-refractivity contribution in [1.29, 1.82) is 0 Å². The van der Waals surface area contributed by atoms with Gasteiger partial charge in [-0.2, -0.15) is 0 Å². The van der Waals surface area contributed by atoms with Gasteiger partial charge < -0.3 is 4.90 Å². The monoisotopic (exact) mass is 331 g/mol. The molecule has 3 aromatic rings. The van der Waals surface area contributed by atoms with Crippen molar-refractivity contribution in [3.63, 3.8) is 0 Å². The number of fused-ring (bicyclic) bond motifs is 2. The maximum atomic E-state index is 6.33. The molecule has 0 saturated carbocycles. The van der Waals surface area contributed by atoms with Gasteiger partial charge in [0, 0.05) is 22.8 Å². The van der Waals surface area contributed by atoms with Gasteiger partial charge in [-0.05, 0) is 47.9 Å². The first-order valence-electron chi connectivity index (χ1n) is 8.11. The van der Waals surface area contributed by atoms with E-state index in [0.717, 1.165) is 17.3 Å². The summed E-state index contributed by atoms with van der Waals surface area (Å²) >= 11 is 6.33. The van der Waals surface area contributed by atoms with Gasteiger partial charge in [-0.25, -0.2) is 0 Å². The van der Waals surface area contributed by atoms with E-state index in [1.165, 1.54) is 28.0 Å². The zero-order chi connectivity index (χ0) is 16.5. The third-order valence-corrected chi connectivity index (χ3v) is 4.69. The summed E-state index contributed by atoms with van der Waals surface area (Å²) in [6, 6.07) is 25.2. The molecule has 1 aliphatic rings. The Morgan fingerprint density at radius 3 is 2.42 bits per heavy atom. The second kappa shape index (κ2) is 6.18. The van der Waals surface area contributed by atoms with Crippen LogP contribution in [0.15, 0.2) is 72.8 Å². The Morgan fingerprint density at radius 1 is 0.833 bits per heavy atom. The summed E-state index contributed by atoms with van der Waals surface area (Å²) in [5.74, 6) is 0. The molecule has 0 saturated heterocycles. The first kappa shape index (κ1) is 15.0. The fraction of sp³-hybridized carbons (Fsp3) is 0.0909. The molecule has 0 amide bonds. The van der Waals surface area contributed by atoms with E-state index in [1.807, 2.05) is 6.07 Å². The fourth-order valence-electron chi connectivity index (χ4n) is 3.29. The average Bonchev–Trinajstić information content (AvgIpc) is 2.71. The van der Waals surface area contributed by atoms with Crippen molar-refractivity contribution in [2.45, 2.75) is 13.5 Å². The second-order valence-electron chi connectivity index (χ2n) is 6.12. The standard InChI is InChI=1S/C22H18ClN/c1-16-13-18-9-5-6-10-21(18)24(15-17-7-3-2-4-8-17)22-14-19(23)11-12-20(16)22/h2-14H,15H2,1H3. The quantitative estimate of drug-likeness (QED) is 0.514. The van der Waals surface area contributed by atoms with Gasteiger partial charge in [0.25, 0.3) is 0 Å². The van der Waals surface area contributed by atoms with Crippen molar-refractivity contribution in [3.8, 4) is 0 Å². The van der Waals surface area contributed by atoms with E-state index in [4.69, 9.17) is 11.6 Å². The zero-order valence-electron chi connectivity index (χ0n) is 13.5. The molecule has 0 spiro atoms. The Kier molecular flexibility index (Phi) is 3.87. The summed E-state index contributed by atoms with van der Waals surface area (Å²) in [6.07, 6.45) is 2.26. The number of para-hydroxylation sites is 1. The van der Waals surface area contributed by atoms with Crippen LogP contribution >= 0.6 is 11.6 Å². The highest BCUT2D eigenvalue weighted by atomic mass is 35.5. The van der Waals surface area contributed by atoms with Crippen molar-refractivity contribution < 1.29 is 0 Å². The van der Waals surface area contributed by atoms with E-state index in [2.05, 4.69) is 84.6 Å². The minimum absolute atomic E-state index is 0.763. The Morgan fingerprint density at radius 2 is 1.58 bits per heavy atom. The van der Waals surface area contributed by atoms with Crippen molar-refractivity contribution in [2.75, 3.05) is 4.90 Å². The van der Waals surface area contributed by atoms with Gasteiger partial charge in [-0.1, -0.05) is 66.2 Å². The van der Waals surface area contributed by atoms with Crippen LogP contribution in [0.4, 0.5) is 11.4 Å². The van der Waals surface area contributed by atoms with Gasteiger partial charge in [0.1, 0.15) is 0 Å². The molecule has 118 valence electrons. The maximum Gasteiger partial charge on any atom is 0.0505 e. The molecule has 0 unspecified atom stereocenters. The molecule has 0 aliphatic carbocycles. The lowest BCUT2D eigenvalue weighted by Gasteiger charge is -2.27. The van der Waals surface area contributed by atoms with Crippen molar-refractivity contribution >= 4 is 34.6 Å². The number of rotatable bonds is 2. The van der Waals surface area contributed by atoms with E-state index in [1.54, 1.807) is 0 Å². The maximum absolute atomic E-state index is 6.33. The van der Waals surface area contributed by atoms with Gasteiger partial charge in [0.05, 0.1) is 5.69 Å². The topological polar surface area (TPSA) is 3.24 Å². The van der Waals surface area contributed by atoms with Crippen LogP contribution in [0.2, 0.25) is 5.02 Å². The highest BCUT2D eigenvalue weighted by Gasteiger charge is 2.20. The molecule has 3 aromatic carbocycles. The molecule has 0 bridgehead atoms. The lowest BCUT2D eigenvalue weighted by Crippen LogP contribution is -2.17. The molecule has 1 heterocycles. The van der Waals surface area contributed by atoms with Crippen LogP contribution in [-0.2, 0) is 6.54 Å². The molecule has 4 rings (SSSR count). The van der Waals surface area contributed by atoms with Crippen LogP contribution in [0.5, 0.6) is 0 Å². The molecule has 0 fully saturated rings. The Balaban J connectivity index is 1.92. The number of nitrogens with zero attached hydrogens (tertiary/aromatic N) is 1. The number of anilines is 2. The molecular weight excluding hydrogens is 314 g/mol. The molecule has 24 heavy (non-hydrogen) atoms. The van der Waals surface area contributed by atoms with Crippen molar-refractivity contribution in [1.82, 2.24) is 0 Å². The van der Waals surface area contributed by atoms with Gasteiger partial charge in [0.2, 0.25) is 0 Å². The largest absolute Gasteiger partial charge is 0.336 e. The predicted molar refractivity (Wildman–Crippen MR) is 104 cm³/mol. The van der Waals surface area contributed by atoms with Gasteiger partial charge in [-0.3, -0.25) is 0 Å². The first-order chi connectivity index (χ1) is 11.7. The molecule has 1 nitrogen and oxygen atoms in total. The number of benzene rings is 3. The van der Waals surface area contributed by atoms with E-state index in [0.29, 0.717) is 0 Å². The third-order valence-electron chi connectivity index (χ3n) is 4.46. The van der Waals surface area contributed by atoms with Crippen LogP contribution in [0, 0.1) is 0 Å². The zero-order valence-corrected chi connectivity index (χ0v) is 14.3. The first-order valence-corrected chi connectivity index (χ1v) is 8.49. The van der Waals surface area contributed by atoms with E-state index >= 15 is 0 Å². The number of hydrogen-bond donors (Lipinski definition) is 0. The summed E-state index contributed by atoms with van der Waals surface area (Å²) < 4.78 is 0. The van der Waals surface area contributed by atoms with E-state index < -0.39 is 0 Å². The summed E-state index contributed by atoms with van der Waals surface area (Å²) in [5, 5.41) is 0.763. The Hall–Kier alpha value is -2.51. The third kappa shape index (κ3) is 2.72. The Bertz CT molecular complexity index is 912. The van der Waals surface area contributed by atoms with Crippen LogP contribution in [0.25, 0.3) is 11.6 Å². The normalized spacial score (nSPS) is 12.9. The molecule has 0 aromatic heterocycles. The van der Waals surface area contributed by atoms with Crippen LogP contribution < -0.4 is 4.90 Å². The van der Waals surface area contributed by atoms with E-state index in [9.17, 15) is 0 Å². The molecular formula is C22H18ClN. The molecule has 0 atom stereocenters. The average molecular weight is 332 g/mol. The van der Waals surface area contributed by atoms with Gasteiger partial charge in [0.15, 0.2) is 0 Å². The molecule has 0 radical (unpaired) electrons. The highest BCUT2D eigenvalue weighted by Crippen LogP contribution is 2.41. The minimum atomic E-state index is 0.763. The molecule has 1 aliphatic heterocycles. The summed E-state index contributed by atoms with van der Waals surface area (Å²) in [7, 11) is 0.